The fraction of sp³-hybridized carbons (Fsp3) is 0. The predicted molar refractivity (Wildman–Crippen MR) is 61.5 cm³/mol. The van der Waals surface area contributed by atoms with Gasteiger partial charge in [-0.2, -0.15) is 10.4 Å². The van der Waals surface area contributed by atoms with E-state index in [9.17, 15) is 0 Å². The smallest absolute Gasteiger partial charge is 0.188 e. The van der Waals surface area contributed by atoms with Gasteiger partial charge >= 0.3 is 0 Å². The highest BCUT2D eigenvalue weighted by molar-refractivity contribution is 5.68. The summed E-state index contributed by atoms with van der Waals surface area (Å²) in [6.45, 7) is 0. The van der Waals surface area contributed by atoms with E-state index in [-0.39, 0.29) is 17.2 Å². The fourth-order valence-electron chi connectivity index (χ4n) is 1.34. The minimum atomic E-state index is 0.120. The molecule has 6 heteroatoms. The van der Waals surface area contributed by atoms with E-state index in [0.717, 1.165) is 0 Å². The second-order valence-electron chi connectivity index (χ2n) is 3.26. The summed E-state index contributed by atoms with van der Waals surface area (Å²) in [6.07, 6.45) is 0. The van der Waals surface area contributed by atoms with Crippen LogP contribution in [0.4, 0.5) is 17.2 Å². The van der Waals surface area contributed by atoms with Crippen LogP contribution in [-0.2, 0) is 0 Å². The van der Waals surface area contributed by atoms with Gasteiger partial charge in [0.05, 0.1) is 5.69 Å². The van der Waals surface area contributed by atoms with Crippen molar-refractivity contribution in [3.05, 3.63) is 30.0 Å². The Morgan fingerprint density at radius 1 is 1.12 bits per heavy atom. The number of nitriles is 1. The Kier molecular flexibility index (Phi) is 2.14. The molecule has 6 nitrogen and oxygen atoms in total. The van der Waals surface area contributed by atoms with Crippen molar-refractivity contribution in [1.29, 1.82) is 5.26 Å². The van der Waals surface area contributed by atoms with Crippen LogP contribution in [0.2, 0.25) is 0 Å². The maximum Gasteiger partial charge on any atom is 0.188 e. The molecule has 0 aliphatic heterocycles. The van der Waals surface area contributed by atoms with Gasteiger partial charge in [-0.3, -0.25) is 0 Å². The molecular weight excluding hydrogens is 204 g/mol. The molecular formula is C10H10N6. The van der Waals surface area contributed by atoms with Gasteiger partial charge in [0.1, 0.15) is 11.8 Å². The van der Waals surface area contributed by atoms with E-state index >= 15 is 0 Å². The number of nitrogens with zero attached hydrogens (tertiary/aromatic N) is 3. The molecule has 0 spiro atoms. The Balaban J connectivity index is 2.57. The van der Waals surface area contributed by atoms with Gasteiger partial charge in [-0.25, -0.2) is 4.68 Å². The number of aromatic nitrogens is 2. The minimum absolute atomic E-state index is 0.120. The van der Waals surface area contributed by atoms with Gasteiger partial charge in [0.15, 0.2) is 11.5 Å². The Labute approximate surface area is 91.9 Å². The number of nitrogen functional groups attached to an aromatic ring is 3. The molecule has 2 aromatic rings. The Hall–Kier alpha value is -2.68. The van der Waals surface area contributed by atoms with Crippen LogP contribution >= 0.6 is 0 Å². The van der Waals surface area contributed by atoms with E-state index in [0.29, 0.717) is 11.4 Å². The van der Waals surface area contributed by atoms with Crippen LogP contribution in [0.3, 0.4) is 0 Å². The van der Waals surface area contributed by atoms with Crippen molar-refractivity contribution < 1.29 is 0 Å². The molecule has 0 saturated heterocycles. The van der Waals surface area contributed by atoms with Crippen molar-refractivity contribution in [2.24, 2.45) is 0 Å². The zero-order valence-electron chi connectivity index (χ0n) is 8.38. The van der Waals surface area contributed by atoms with E-state index < -0.39 is 0 Å². The first-order chi connectivity index (χ1) is 7.63. The van der Waals surface area contributed by atoms with Crippen molar-refractivity contribution in [3.8, 4) is 11.8 Å². The number of benzene rings is 1. The predicted octanol–water partition coefficient (Wildman–Crippen LogP) is 0.491. The molecule has 6 N–H and O–H groups in total. The third-order valence-corrected chi connectivity index (χ3v) is 2.20. The van der Waals surface area contributed by atoms with E-state index in [1.165, 1.54) is 4.68 Å². The van der Waals surface area contributed by atoms with Gasteiger partial charge in [0.25, 0.3) is 0 Å². The fourth-order valence-corrected chi connectivity index (χ4v) is 1.34. The van der Waals surface area contributed by atoms with Crippen molar-refractivity contribution in [1.82, 2.24) is 9.78 Å². The lowest BCUT2D eigenvalue weighted by Gasteiger charge is -2.03. The van der Waals surface area contributed by atoms with Crippen molar-refractivity contribution in [2.75, 3.05) is 17.2 Å². The summed E-state index contributed by atoms with van der Waals surface area (Å²) < 4.78 is 1.41. The molecule has 0 atom stereocenters. The zero-order chi connectivity index (χ0) is 11.7. The van der Waals surface area contributed by atoms with E-state index in [1.54, 1.807) is 24.3 Å². The number of rotatable bonds is 1. The van der Waals surface area contributed by atoms with E-state index in [2.05, 4.69) is 5.10 Å². The van der Waals surface area contributed by atoms with Crippen LogP contribution in [0.15, 0.2) is 24.3 Å². The summed E-state index contributed by atoms with van der Waals surface area (Å²) in [5.41, 5.74) is 18.6. The lowest BCUT2D eigenvalue weighted by Crippen LogP contribution is -2.03. The van der Waals surface area contributed by atoms with Crippen LogP contribution in [0.5, 0.6) is 0 Å². The number of hydrogen-bond acceptors (Lipinski definition) is 5. The van der Waals surface area contributed by atoms with Gasteiger partial charge in [-0.1, -0.05) is 0 Å². The van der Waals surface area contributed by atoms with Gasteiger partial charge in [-0.15, -0.1) is 0 Å². The molecule has 0 fully saturated rings. The molecule has 0 unspecified atom stereocenters. The lowest BCUT2D eigenvalue weighted by atomic mass is 10.3. The molecule has 0 radical (unpaired) electrons. The first-order valence-electron chi connectivity index (χ1n) is 4.53. The van der Waals surface area contributed by atoms with Crippen molar-refractivity contribution in [2.45, 2.75) is 0 Å². The second-order valence-corrected chi connectivity index (χ2v) is 3.26. The number of nitrogens with two attached hydrogens (primary N) is 3. The topological polar surface area (TPSA) is 120 Å². The van der Waals surface area contributed by atoms with Crippen LogP contribution in [0, 0.1) is 11.3 Å². The highest BCUT2D eigenvalue weighted by Crippen LogP contribution is 2.22. The van der Waals surface area contributed by atoms with Gasteiger partial charge in [0.2, 0.25) is 0 Å². The molecule has 0 aliphatic carbocycles. The molecule has 0 amide bonds. The van der Waals surface area contributed by atoms with Crippen LogP contribution in [-0.4, -0.2) is 9.78 Å². The Morgan fingerprint density at radius 3 is 2.25 bits per heavy atom. The minimum Gasteiger partial charge on any atom is -0.399 e. The molecule has 0 saturated carbocycles. The van der Waals surface area contributed by atoms with Crippen LogP contribution < -0.4 is 17.2 Å². The van der Waals surface area contributed by atoms with Crippen molar-refractivity contribution >= 4 is 17.2 Å². The molecule has 1 aromatic carbocycles. The van der Waals surface area contributed by atoms with E-state index in [4.69, 9.17) is 22.5 Å². The van der Waals surface area contributed by atoms with Gasteiger partial charge in [-0.05, 0) is 24.3 Å². The average Bonchev–Trinajstić information content (AvgIpc) is 2.57. The quantitative estimate of drug-likeness (QED) is 0.597. The summed E-state index contributed by atoms with van der Waals surface area (Å²) in [5.74, 6) is 0.251. The monoisotopic (exact) mass is 214 g/mol. The Bertz CT molecular complexity index is 560. The summed E-state index contributed by atoms with van der Waals surface area (Å²) in [7, 11) is 0. The largest absolute Gasteiger partial charge is 0.399 e. The molecule has 2 rings (SSSR count). The molecule has 80 valence electrons. The number of anilines is 3. The normalized spacial score (nSPS) is 9.94. The molecule has 1 aromatic heterocycles. The highest BCUT2D eigenvalue weighted by Gasteiger charge is 2.12. The SMILES string of the molecule is N#Cc1nn(-c2ccc(N)cc2)c(N)c1N. The van der Waals surface area contributed by atoms with Crippen LogP contribution in [0.25, 0.3) is 5.69 Å². The van der Waals surface area contributed by atoms with Crippen LogP contribution in [0.1, 0.15) is 5.69 Å². The summed E-state index contributed by atoms with van der Waals surface area (Å²) >= 11 is 0. The lowest BCUT2D eigenvalue weighted by molar-refractivity contribution is 0.883. The van der Waals surface area contributed by atoms with Gasteiger partial charge < -0.3 is 17.2 Å². The zero-order valence-corrected chi connectivity index (χ0v) is 8.38. The summed E-state index contributed by atoms with van der Waals surface area (Å²) in [6, 6.07) is 8.82. The molecule has 16 heavy (non-hydrogen) atoms. The Morgan fingerprint density at radius 2 is 1.75 bits per heavy atom. The molecule has 0 aliphatic rings. The van der Waals surface area contributed by atoms with E-state index in [1.807, 2.05) is 6.07 Å². The third kappa shape index (κ3) is 1.40. The maximum atomic E-state index is 8.77. The maximum absolute atomic E-state index is 8.77. The third-order valence-electron chi connectivity index (χ3n) is 2.20. The number of hydrogen-bond donors (Lipinski definition) is 3. The average molecular weight is 214 g/mol. The molecule has 0 bridgehead atoms. The second kappa shape index (κ2) is 3.47. The molecule has 1 heterocycles. The first kappa shape index (κ1) is 9.86. The summed E-state index contributed by atoms with van der Waals surface area (Å²) in [4.78, 5) is 0. The highest BCUT2D eigenvalue weighted by atomic mass is 15.3. The summed E-state index contributed by atoms with van der Waals surface area (Å²) in [5, 5.41) is 12.8. The van der Waals surface area contributed by atoms with Crippen molar-refractivity contribution in [3.63, 3.8) is 0 Å². The van der Waals surface area contributed by atoms with Gasteiger partial charge in [0, 0.05) is 5.69 Å². The first-order valence-corrected chi connectivity index (χ1v) is 4.53. The standard InChI is InChI=1S/C10H10N6/c11-5-8-9(13)10(14)16(15-8)7-3-1-6(12)2-4-7/h1-4H,12-14H2.